The second kappa shape index (κ2) is 5.14. The zero-order valence-electron chi connectivity index (χ0n) is 11.7. The summed E-state index contributed by atoms with van der Waals surface area (Å²) in [5, 5.41) is 0. The highest BCUT2D eigenvalue weighted by Crippen LogP contribution is 2.32. The molecule has 0 radical (unpaired) electrons. The average Bonchev–Trinajstić information content (AvgIpc) is 2.84. The molecular formula is C15H14N4OS. The van der Waals surface area contributed by atoms with E-state index in [9.17, 15) is 4.79 Å². The van der Waals surface area contributed by atoms with E-state index in [0.29, 0.717) is 20.9 Å². The van der Waals surface area contributed by atoms with Gasteiger partial charge < -0.3 is 10.6 Å². The van der Waals surface area contributed by atoms with E-state index in [4.69, 9.17) is 5.73 Å². The SMILES string of the molecule is Cc1ccc(N(C)C(=O)c2sc3nccnc3c2N)cc1. The molecule has 106 valence electrons. The number of fused-ring (bicyclic) bond motifs is 1. The summed E-state index contributed by atoms with van der Waals surface area (Å²) in [6.07, 6.45) is 3.17. The van der Waals surface area contributed by atoms with Gasteiger partial charge in [-0.3, -0.25) is 4.79 Å². The summed E-state index contributed by atoms with van der Waals surface area (Å²) in [5.74, 6) is -0.152. The molecule has 2 aromatic heterocycles. The molecule has 1 amide bonds. The number of hydrogen-bond acceptors (Lipinski definition) is 5. The van der Waals surface area contributed by atoms with E-state index in [2.05, 4.69) is 9.97 Å². The number of nitrogens with two attached hydrogens (primary N) is 1. The van der Waals surface area contributed by atoms with Crippen LogP contribution in [0.15, 0.2) is 36.7 Å². The molecule has 0 atom stereocenters. The van der Waals surface area contributed by atoms with Crippen LogP contribution in [0.25, 0.3) is 10.3 Å². The van der Waals surface area contributed by atoms with Crippen molar-refractivity contribution in [3.63, 3.8) is 0 Å². The lowest BCUT2D eigenvalue weighted by Gasteiger charge is -2.16. The predicted octanol–water partition coefficient (Wildman–Crippen LogP) is 2.86. The van der Waals surface area contributed by atoms with E-state index in [1.807, 2.05) is 31.2 Å². The maximum absolute atomic E-state index is 12.6. The first-order valence-electron chi connectivity index (χ1n) is 6.41. The summed E-state index contributed by atoms with van der Waals surface area (Å²) >= 11 is 1.27. The minimum absolute atomic E-state index is 0.152. The predicted molar refractivity (Wildman–Crippen MR) is 85.7 cm³/mol. The van der Waals surface area contributed by atoms with Gasteiger partial charge in [-0.15, -0.1) is 11.3 Å². The molecule has 5 nitrogen and oxygen atoms in total. The number of hydrogen-bond donors (Lipinski definition) is 1. The molecule has 6 heteroatoms. The summed E-state index contributed by atoms with van der Waals surface area (Å²) < 4.78 is 0. The van der Waals surface area contributed by atoms with Crippen molar-refractivity contribution in [2.24, 2.45) is 0 Å². The topological polar surface area (TPSA) is 72.1 Å². The van der Waals surface area contributed by atoms with Crippen LogP contribution in [0, 0.1) is 6.92 Å². The summed E-state index contributed by atoms with van der Waals surface area (Å²) in [6, 6.07) is 7.76. The van der Waals surface area contributed by atoms with Crippen LogP contribution in [0.2, 0.25) is 0 Å². The number of amides is 1. The van der Waals surface area contributed by atoms with Gasteiger partial charge in [0.05, 0.1) is 5.69 Å². The van der Waals surface area contributed by atoms with Crippen molar-refractivity contribution < 1.29 is 4.79 Å². The number of anilines is 2. The number of nitrogen functional groups attached to an aromatic ring is 1. The lowest BCUT2D eigenvalue weighted by Crippen LogP contribution is -2.26. The summed E-state index contributed by atoms with van der Waals surface area (Å²) in [7, 11) is 1.73. The minimum Gasteiger partial charge on any atom is -0.396 e. The van der Waals surface area contributed by atoms with Gasteiger partial charge in [-0.25, -0.2) is 9.97 Å². The first kappa shape index (κ1) is 13.5. The summed E-state index contributed by atoms with van der Waals surface area (Å²) in [5.41, 5.74) is 8.99. The first-order chi connectivity index (χ1) is 10.1. The molecule has 0 fully saturated rings. The number of aromatic nitrogens is 2. The van der Waals surface area contributed by atoms with Gasteiger partial charge in [0.1, 0.15) is 15.2 Å². The average molecular weight is 298 g/mol. The zero-order chi connectivity index (χ0) is 15.0. The van der Waals surface area contributed by atoms with E-state index in [1.54, 1.807) is 24.3 Å². The number of rotatable bonds is 2. The highest BCUT2D eigenvalue weighted by Gasteiger charge is 2.21. The fourth-order valence-electron chi connectivity index (χ4n) is 2.04. The van der Waals surface area contributed by atoms with Crippen molar-refractivity contribution in [2.45, 2.75) is 6.92 Å². The lowest BCUT2D eigenvalue weighted by molar-refractivity contribution is 0.0997. The molecule has 3 aromatic rings. The molecule has 0 aliphatic rings. The van der Waals surface area contributed by atoms with Crippen LogP contribution in [-0.4, -0.2) is 22.9 Å². The maximum atomic E-state index is 12.6. The summed E-state index contributed by atoms with van der Waals surface area (Å²) in [4.78, 5) is 23.7. The van der Waals surface area contributed by atoms with Gasteiger partial charge in [-0.05, 0) is 19.1 Å². The third-order valence-corrected chi connectivity index (χ3v) is 4.37. The van der Waals surface area contributed by atoms with Crippen molar-refractivity contribution in [1.29, 1.82) is 0 Å². The Labute approximate surface area is 126 Å². The van der Waals surface area contributed by atoms with Gasteiger partial charge >= 0.3 is 0 Å². The van der Waals surface area contributed by atoms with E-state index in [-0.39, 0.29) is 5.91 Å². The number of carbonyl (C=O) groups excluding carboxylic acids is 1. The molecule has 0 unspecified atom stereocenters. The van der Waals surface area contributed by atoms with Crippen LogP contribution in [-0.2, 0) is 0 Å². The molecule has 0 spiro atoms. The highest BCUT2D eigenvalue weighted by atomic mass is 32.1. The number of nitrogens with zero attached hydrogens (tertiary/aromatic N) is 3. The first-order valence-corrected chi connectivity index (χ1v) is 7.23. The zero-order valence-corrected chi connectivity index (χ0v) is 12.5. The van der Waals surface area contributed by atoms with Crippen molar-refractivity contribution in [3.05, 3.63) is 47.1 Å². The van der Waals surface area contributed by atoms with E-state index >= 15 is 0 Å². The Balaban J connectivity index is 2.00. The number of aryl methyl sites for hydroxylation is 1. The van der Waals surface area contributed by atoms with E-state index in [0.717, 1.165) is 11.3 Å². The molecule has 21 heavy (non-hydrogen) atoms. The molecule has 1 aromatic carbocycles. The van der Waals surface area contributed by atoms with Crippen molar-refractivity contribution >= 4 is 39.0 Å². The van der Waals surface area contributed by atoms with Crippen LogP contribution in [0.4, 0.5) is 11.4 Å². The Bertz CT molecular complexity index is 810. The quantitative estimate of drug-likeness (QED) is 0.789. The Morgan fingerprint density at radius 3 is 2.52 bits per heavy atom. The minimum atomic E-state index is -0.152. The Morgan fingerprint density at radius 2 is 1.86 bits per heavy atom. The van der Waals surface area contributed by atoms with E-state index in [1.165, 1.54) is 11.3 Å². The monoisotopic (exact) mass is 298 g/mol. The Hall–Kier alpha value is -2.47. The van der Waals surface area contributed by atoms with Crippen LogP contribution < -0.4 is 10.6 Å². The number of benzene rings is 1. The second-order valence-corrected chi connectivity index (χ2v) is 5.75. The lowest BCUT2D eigenvalue weighted by atomic mass is 10.2. The van der Waals surface area contributed by atoms with Gasteiger partial charge in [0.25, 0.3) is 5.91 Å². The van der Waals surface area contributed by atoms with Crippen LogP contribution in [0.1, 0.15) is 15.2 Å². The van der Waals surface area contributed by atoms with Crippen molar-refractivity contribution in [1.82, 2.24) is 9.97 Å². The Morgan fingerprint density at radius 1 is 1.19 bits per heavy atom. The largest absolute Gasteiger partial charge is 0.396 e. The molecule has 0 aliphatic heterocycles. The summed E-state index contributed by atoms with van der Waals surface area (Å²) in [6.45, 7) is 2.01. The molecule has 2 heterocycles. The van der Waals surface area contributed by atoms with Crippen LogP contribution in [0.5, 0.6) is 0 Å². The third kappa shape index (κ3) is 2.34. The van der Waals surface area contributed by atoms with Gasteiger partial charge in [0.15, 0.2) is 0 Å². The molecule has 0 bridgehead atoms. The molecule has 0 saturated heterocycles. The highest BCUT2D eigenvalue weighted by molar-refractivity contribution is 7.21. The third-order valence-electron chi connectivity index (χ3n) is 3.28. The van der Waals surface area contributed by atoms with E-state index < -0.39 is 0 Å². The van der Waals surface area contributed by atoms with Gasteiger partial charge in [-0.1, -0.05) is 17.7 Å². The van der Waals surface area contributed by atoms with Crippen LogP contribution >= 0.6 is 11.3 Å². The number of carbonyl (C=O) groups is 1. The molecule has 0 aliphatic carbocycles. The van der Waals surface area contributed by atoms with Crippen molar-refractivity contribution in [3.8, 4) is 0 Å². The fraction of sp³-hybridized carbons (Fsp3) is 0.133. The normalized spacial score (nSPS) is 10.8. The fourth-order valence-corrected chi connectivity index (χ4v) is 3.04. The Kier molecular flexibility index (Phi) is 3.31. The van der Waals surface area contributed by atoms with Crippen LogP contribution in [0.3, 0.4) is 0 Å². The molecule has 0 saturated carbocycles. The smallest absolute Gasteiger partial charge is 0.270 e. The standard InChI is InChI=1S/C15H14N4OS/c1-9-3-5-10(6-4-9)19(2)15(20)13-11(16)12-14(21-13)18-8-7-17-12/h3-8H,16H2,1-2H3. The number of thiophene rings is 1. The molecular weight excluding hydrogens is 284 g/mol. The van der Waals surface area contributed by atoms with Gasteiger partial charge in [0.2, 0.25) is 0 Å². The molecule has 3 rings (SSSR count). The van der Waals surface area contributed by atoms with Gasteiger partial charge in [-0.2, -0.15) is 0 Å². The van der Waals surface area contributed by atoms with Crippen molar-refractivity contribution in [2.75, 3.05) is 17.7 Å². The molecule has 2 N–H and O–H groups in total. The second-order valence-electron chi connectivity index (χ2n) is 4.75. The van der Waals surface area contributed by atoms with Gasteiger partial charge in [0, 0.05) is 25.1 Å². The maximum Gasteiger partial charge on any atom is 0.270 e.